The maximum atomic E-state index is 12.5. The van der Waals surface area contributed by atoms with E-state index in [-0.39, 0.29) is 18.7 Å². The average Bonchev–Trinajstić information content (AvgIpc) is 2.57. The first-order chi connectivity index (χ1) is 11.5. The topological polar surface area (TPSA) is 64.3 Å². The first kappa shape index (κ1) is 16.7. The second-order valence-electron chi connectivity index (χ2n) is 5.64. The molecule has 0 aliphatic carbocycles. The summed E-state index contributed by atoms with van der Waals surface area (Å²) in [4.78, 5) is 16.7. The molecule has 1 unspecified atom stereocenters. The zero-order chi connectivity index (χ0) is 17.1. The molecule has 5 nitrogen and oxygen atoms in total. The molecule has 1 aromatic heterocycles. The highest BCUT2D eigenvalue weighted by molar-refractivity contribution is 9.10. The Bertz CT molecular complexity index is 906. The summed E-state index contributed by atoms with van der Waals surface area (Å²) in [7, 11) is 0. The maximum absolute atomic E-state index is 12.5. The highest BCUT2D eigenvalue weighted by Crippen LogP contribution is 2.15. The Morgan fingerprint density at radius 1 is 1.25 bits per heavy atom. The summed E-state index contributed by atoms with van der Waals surface area (Å²) >= 11 is 3.35. The molecular formula is C18H17BrN2O3. The number of aliphatic hydroxyl groups is 1. The Balaban J connectivity index is 1.71. The Morgan fingerprint density at radius 3 is 2.75 bits per heavy atom. The average molecular weight is 389 g/mol. The van der Waals surface area contributed by atoms with Crippen LogP contribution in [0.5, 0.6) is 5.75 Å². The van der Waals surface area contributed by atoms with Gasteiger partial charge in [-0.05, 0) is 37.3 Å². The van der Waals surface area contributed by atoms with Gasteiger partial charge in [-0.3, -0.25) is 9.36 Å². The van der Waals surface area contributed by atoms with E-state index in [9.17, 15) is 9.90 Å². The number of hydrogen-bond acceptors (Lipinski definition) is 4. The van der Waals surface area contributed by atoms with Gasteiger partial charge in [0.05, 0.1) is 23.8 Å². The van der Waals surface area contributed by atoms with Crippen molar-refractivity contribution in [3.05, 3.63) is 69.2 Å². The van der Waals surface area contributed by atoms with Crippen LogP contribution in [-0.2, 0) is 6.54 Å². The highest BCUT2D eigenvalue weighted by Gasteiger charge is 2.10. The van der Waals surface area contributed by atoms with Gasteiger partial charge in [-0.1, -0.05) is 33.6 Å². The molecule has 3 aromatic rings. The lowest BCUT2D eigenvalue weighted by molar-refractivity contribution is 0.0915. The number of aliphatic hydroxyl groups excluding tert-OH is 1. The molecule has 1 N–H and O–H groups in total. The number of nitrogens with zero attached hydrogens (tertiary/aromatic N) is 2. The quantitative estimate of drug-likeness (QED) is 0.729. The standard InChI is InChI=1S/C18H17BrN2O3/c1-12-2-5-15(6-3-12)24-10-14(22)9-21-11-20-17-7-4-13(19)8-16(17)18(21)23/h2-8,11,14,22H,9-10H2,1H3. The fourth-order valence-corrected chi connectivity index (χ4v) is 2.73. The van der Waals surface area contributed by atoms with Crippen LogP contribution in [0.1, 0.15) is 5.56 Å². The van der Waals surface area contributed by atoms with Crippen LogP contribution in [0.25, 0.3) is 10.9 Å². The predicted molar refractivity (Wildman–Crippen MR) is 96.4 cm³/mol. The number of fused-ring (bicyclic) bond motifs is 1. The fraction of sp³-hybridized carbons (Fsp3) is 0.222. The van der Waals surface area contributed by atoms with Gasteiger partial charge in [0.15, 0.2) is 0 Å². The lowest BCUT2D eigenvalue weighted by Crippen LogP contribution is -2.30. The monoisotopic (exact) mass is 388 g/mol. The van der Waals surface area contributed by atoms with E-state index in [2.05, 4.69) is 20.9 Å². The third kappa shape index (κ3) is 3.83. The largest absolute Gasteiger partial charge is 0.491 e. The van der Waals surface area contributed by atoms with Gasteiger partial charge < -0.3 is 9.84 Å². The van der Waals surface area contributed by atoms with Gasteiger partial charge in [-0.15, -0.1) is 0 Å². The van der Waals surface area contributed by atoms with Gasteiger partial charge in [0, 0.05) is 4.47 Å². The summed E-state index contributed by atoms with van der Waals surface area (Å²) in [6.07, 6.45) is 0.642. The Kier molecular flexibility index (Phi) is 4.97. The van der Waals surface area contributed by atoms with E-state index in [1.54, 1.807) is 12.1 Å². The molecular weight excluding hydrogens is 372 g/mol. The molecule has 0 spiro atoms. The molecule has 0 radical (unpaired) electrons. The van der Waals surface area contributed by atoms with Crippen molar-refractivity contribution in [3.63, 3.8) is 0 Å². The molecule has 1 atom stereocenters. The molecule has 0 fully saturated rings. The number of aromatic nitrogens is 2. The minimum absolute atomic E-state index is 0.103. The van der Waals surface area contributed by atoms with Crippen LogP contribution in [0.15, 0.2) is 58.1 Å². The van der Waals surface area contributed by atoms with E-state index in [0.29, 0.717) is 16.7 Å². The minimum Gasteiger partial charge on any atom is -0.491 e. The van der Waals surface area contributed by atoms with Crippen LogP contribution in [0.3, 0.4) is 0 Å². The maximum Gasteiger partial charge on any atom is 0.261 e. The third-order valence-corrected chi connectivity index (χ3v) is 4.15. The molecule has 0 amide bonds. The second-order valence-corrected chi connectivity index (χ2v) is 6.56. The van der Waals surface area contributed by atoms with Gasteiger partial charge >= 0.3 is 0 Å². The number of ether oxygens (including phenoxy) is 1. The van der Waals surface area contributed by atoms with Crippen molar-refractivity contribution in [1.82, 2.24) is 9.55 Å². The molecule has 6 heteroatoms. The summed E-state index contributed by atoms with van der Waals surface area (Å²) in [6.45, 7) is 2.22. The van der Waals surface area contributed by atoms with Gasteiger partial charge in [0.25, 0.3) is 5.56 Å². The Hall–Kier alpha value is -2.18. The number of aryl methyl sites for hydroxylation is 1. The van der Waals surface area contributed by atoms with Crippen LogP contribution in [0, 0.1) is 6.92 Å². The van der Waals surface area contributed by atoms with Crippen molar-refractivity contribution in [2.45, 2.75) is 19.6 Å². The lowest BCUT2D eigenvalue weighted by atomic mass is 10.2. The van der Waals surface area contributed by atoms with E-state index < -0.39 is 6.10 Å². The summed E-state index contributed by atoms with van der Waals surface area (Å²) in [5.41, 5.74) is 1.59. The van der Waals surface area contributed by atoms with E-state index >= 15 is 0 Å². The van der Waals surface area contributed by atoms with Crippen LogP contribution >= 0.6 is 15.9 Å². The lowest BCUT2D eigenvalue weighted by Gasteiger charge is -2.14. The molecule has 24 heavy (non-hydrogen) atoms. The molecule has 3 rings (SSSR count). The summed E-state index contributed by atoms with van der Waals surface area (Å²) < 4.78 is 7.76. The second kappa shape index (κ2) is 7.15. The molecule has 0 aliphatic rings. The minimum atomic E-state index is -0.810. The predicted octanol–water partition coefficient (Wildman–Crippen LogP) is 2.91. The van der Waals surface area contributed by atoms with Crippen molar-refractivity contribution in [1.29, 1.82) is 0 Å². The third-order valence-electron chi connectivity index (χ3n) is 3.66. The van der Waals surface area contributed by atoms with Crippen LogP contribution in [0.2, 0.25) is 0 Å². The smallest absolute Gasteiger partial charge is 0.261 e. The van der Waals surface area contributed by atoms with Crippen LogP contribution < -0.4 is 10.3 Å². The number of rotatable bonds is 5. The van der Waals surface area contributed by atoms with Gasteiger partial charge in [0.2, 0.25) is 0 Å². The molecule has 0 saturated carbocycles. The number of hydrogen-bond donors (Lipinski definition) is 1. The zero-order valence-corrected chi connectivity index (χ0v) is 14.7. The summed E-state index contributed by atoms with van der Waals surface area (Å²) in [6, 6.07) is 12.9. The first-order valence-corrected chi connectivity index (χ1v) is 8.34. The normalized spacial score (nSPS) is 12.3. The van der Waals surface area contributed by atoms with E-state index in [1.165, 1.54) is 10.9 Å². The molecule has 0 bridgehead atoms. The van der Waals surface area contributed by atoms with Gasteiger partial charge in [-0.2, -0.15) is 0 Å². The van der Waals surface area contributed by atoms with Crippen molar-refractivity contribution >= 4 is 26.8 Å². The summed E-state index contributed by atoms with van der Waals surface area (Å²) in [5, 5.41) is 10.7. The van der Waals surface area contributed by atoms with Crippen molar-refractivity contribution in [2.75, 3.05) is 6.61 Å². The highest BCUT2D eigenvalue weighted by atomic mass is 79.9. The first-order valence-electron chi connectivity index (χ1n) is 7.55. The number of halogens is 1. The van der Waals surface area contributed by atoms with Crippen LogP contribution in [-0.4, -0.2) is 27.4 Å². The Labute approximate surface area is 147 Å². The van der Waals surface area contributed by atoms with Crippen LogP contribution in [0.4, 0.5) is 0 Å². The van der Waals surface area contributed by atoms with E-state index in [0.717, 1.165) is 10.0 Å². The molecule has 1 heterocycles. The molecule has 0 aliphatic heterocycles. The van der Waals surface area contributed by atoms with E-state index in [4.69, 9.17) is 4.74 Å². The molecule has 124 valence electrons. The number of benzene rings is 2. The van der Waals surface area contributed by atoms with Crippen molar-refractivity contribution in [2.24, 2.45) is 0 Å². The molecule has 0 saturated heterocycles. The van der Waals surface area contributed by atoms with Gasteiger partial charge in [-0.25, -0.2) is 4.98 Å². The summed E-state index contributed by atoms with van der Waals surface area (Å²) in [5.74, 6) is 0.688. The van der Waals surface area contributed by atoms with Crippen molar-refractivity contribution in [3.8, 4) is 5.75 Å². The van der Waals surface area contributed by atoms with E-state index in [1.807, 2.05) is 37.3 Å². The SMILES string of the molecule is Cc1ccc(OCC(O)Cn2cnc3ccc(Br)cc3c2=O)cc1. The van der Waals surface area contributed by atoms with Gasteiger partial charge in [0.1, 0.15) is 18.5 Å². The fourth-order valence-electron chi connectivity index (χ4n) is 2.37. The Morgan fingerprint density at radius 2 is 2.00 bits per heavy atom. The zero-order valence-electron chi connectivity index (χ0n) is 13.1. The van der Waals surface area contributed by atoms with Crippen molar-refractivity contribution < 1.29 is 9.84 Å². The molecule has 2 aromatic carbocycles.